The van der Waals surface area contributed by atoms with Crippen molar-refractivity contribution >= 4 is 34.6 Å². The number of fused-ring (bicyclic) bond motifs is 1. The molecule has 0 atom stereocenters. The smallest absolute Gasteiger partial charge is 0.178 e. The highest BCUT2D eigenvalue weighted by Gasteiger charge is 2.06. The summed E-state index contributed by atoms with van der Waals surface area (Å²) in [6.45, 7) is 0.679. The summed E-state index contributed by atoms with van der Waals surface area (Å²) < 4.78 is 2.65. The summed E-state index contributed by atoms with van der Waals surface area (Å²) in [4.78, 5) is 8.33. The summed E-state index contributed by atoms with van der Waals surface area (Å²) in [5.41, 5.74) is 4.33. The van der Waals surface area contributed by atoms with Crippen molar-refractivity contribution in [3.05, 3.63) is 45.1 Å². The Labute approximate surface area is 112 Å². The van der Waals surface area contributed by atoms with E-state index in [1.807, 2.05) is 22.9 Å². The number of H-pyrrole nitrogens is 1. The maximum absolute atomic E-state index is 8.95. The van der Waals surface area contributed by atoms with Gasteiger partial charge < -0.3 is 9.55 Å². The van der Waals surface area contributed by atoms with Gasteiger partial charge in [-0.3, -0.25) is 4.98 Å². The number of nitriles is 1. The summed E-state index contributed by atoms with van der Waals surface area (Å²) in [5, 5.41) is 8.95. The molecule has 0 saturated carbocycles. The van der Waals surface area contributed by atoms with Crippen LogP contribution in [0.25, 0.3) is 11.0 Å². The molecule has 0 aliphatic carbocycles. The number of hydrogen-bond donors (Lipinski definition) is 1. The summed E-state index contributed by atoms with van der Waals surface area (Å²) in [7, 11) is 0. The van der Waals surface area contributed by atoms with Gasteiger partial charge in [-0.2, -0.15) is 5.26 Å². The van der Waals surface area contributed by atoms with Gasteiger partial charge in [-0.25, -0.2) is 0 Å². The Morgan fingerprint density at radius 2 is 2.39 bits per heavy atom. The van der Waals surface area contributed by atoms with Crippen molar-refractivity contribution in [3.8, 4) is 6.07 Å². The lowest BCUT2D eigenvalue weighted by Gasteiger charge is -2.01. The first-order valence-electron chi connectivity index (χ1n) is 5.28. The van der Waals surface area contributed by atoms with Crippen LogP contribution in [0.3, 0.4) is 0 Å². The van der Waals surface area contributed by atoms with E-state index in [1.165, 1.54) is 0 Å². The van der Waals surface area contributed by atoms with Gasteiger partial charge in [-0.15, -0.1) is 11.3 Å². The van der Waals surface area contributed by atoms with E-state index in [4.69, 9.17) is 17.5 Å². The molecule has 0 unspecified atom stereocenters. The van der Waals surface area contributed by atoms with E-state index in [0.29, 0.717) is 16.9 Å². The summed E-state index contributed by atoms with van der Waals surface area (Å²) in [6, 6.07) is 7.66. The molecule has 3 aromatic rings. The van der Waals surface area contributed by atoms with Crippen LogP contribution < -0.4 is 0 Å². The number of hydrogen-bond acceptors (Lipinski definition) is 4. The molecule has 0 radical (unpaired) electrons. The summed E-state index contributed by atoms with van der Waals surface area (Å²) in [6.07, 6.45) is 1.83. The van der Waals surface area contributed by atoms with Gasteiger partial charge in [0.05, 0.1) is 34.7 Å². The van der Waals surface area contributed by atoms with Crippen LogP contribution in [-0.2, 0) is 6.54 Å². The first-order valence-corrected chi connectivity index (χ1v) is 6.57. The quantitative estimate of drug-likeness (QED) is 0.729. The average molecular weight is 272 g/mol. The Morgan fingerprint density at radius 3 is 3.11 bits per heavy atom. The van der Waals surface area contributed by atoms with Crippen molar-refractivity contribution in [2.24, 2.45) is 0 Å². The first-order chi connectivity index (χ1) is 8.78. The SMILES string of the molecule is N#Cc1ccc2[nH]c(=S)n(Cc3cncs3)c2c1. The molecule has 6 heteroatoms. The predicted octanol–water partition coefficient (Wildman–Crippen LogP) is 3.08. The molecule has 1 N–H and O–H groups in total. The zero-order valence-electron chi connectivity index (χ0n) is 9.25. The minimum atomic E-state index is 0.634. The number of thiazole rings is 1. The van der Waals surface area contributed by atoms with Crippen LogP contribution in [-0.4, -0.2) is 14.5 Å². The largest absolute Gasteiger partial charge is 0.331 e. The Balaban J connectivity index is 2.18. The minimum Gasteiger partial charge on any atom is -0.331 e. The molecule has 0 amide bonds. The summed E-state index contributed by atoms with van der Waals surface area (Å²) >= 11 is 6.91. The van der Waals surface area contributed by atoms with Crippen LogP contribution in [0, 0.1) is 16.1 Å². The van der Waals surface area contributed by atoms with E-state index in [9.17, 15) is 0 Å². The predicted molar refractivity (Wildman–Crippen MR) is 73.1 cm³/mol. The van der Waals surface area contributed by atoms with Gasteiger partial charge in [0.25, 0.3) is 0 Å². The van der Waals surface area contributed by atoms with E-state index in [-0.39, 0.29) is 0 Å². The lowest BCUT2D eigenvalue weighted by molar-refractivity contribution is 0.821. The van der Waals surface area contributed by atoms with Crippen molar-refractivity contribution in [1.29, 1.82) is 5.26 Å². The maximum atomic E-state index is 8.95. The monoisotopic (exact) mass is 272 g/mol. The van der Waals surface area contributed by atoms with E-state index in [0.717, 1.165) is 15.9 Å². The number of nitrogens with zero attached hydrogens (tertiary/aromatic N) is 3. The fourth-order valence-electron chi connectivity index (χ4n) is 1.86. The highest BCUT2D eigenvalue weighted by atomic mass is 32.1. The molecule has 1 aromatic carbocycles. The van der Waals surface area contributed by atoms with E-state index >= 15 is 0 Å². The fraction of sp³-hybridized carbons (Fsp3) is 0.0833. The number of aromatic nitrogens is 3. The minimum absolute atomic E-state index is 0.634. The number of benzene rings is 1. The number of nitrogens with one attached hydrogen (secondary N) is 1. The Morgan fingerprint density at radius 1 is 1.50 bits per heavy atom. The Bertz CT molecular complexity index is 790. The molecule has 88 valence electrons. The second kappa shape index (κ2) is 4.37. The fourth-order valence-corrected chi connectivity index (χ4v) is 2.71. The average Bonchev–Trinajstić information content (AvgIpc) is 2.99. The molecule has 2 aromatic heterocycles. The molecule has 0 fully saturated rings. The van der Waals surface area contributed by atoms with Crippen molar-refractivity contribution in [2.45, 2.75) is 6.54 Å². The molecular weight excluding hydrogens is 264 g/mol. The van der Waals surface area contributed by atoms with E-state index in [2.05, 4.69) is 16.0 Å². The van der Waals surface area contributed by atoms with Gasteiger partial charge in [0.2, 0.25) is 0 Å². The molecule has 0 aliphatic rings. The van der Waals surface area contributed by atoms with Crippen LogP contribution in [0.15, 0.2) is 29.9 Å². The van der Waals surface area contributed by atoms with Crippen molar-refractivity contribution in [2.75, 3.05) is 0 Å². The molecule has 0 saturated heterocycles. The topological polar surface area (TPSA) is 57.4 Å². The molecule has 4 nitrogen and oxygen atoms in total. The van der Waals surface area contributed by atoms with Gasteiger partial charge in [0.1, 0.15) is 0 Å². The third kappa shape index (κ3) is 1.83. The molecule has 0 bridgehead atoms. The highest BCUT2D eigenvalue weighted by molar-refractivity contribution is 7.71. The zero-order chi connectivity index (χ0) is 12.5. The number of rotatable bonds is 2. The molecule has 18 heavy (non-hydrogen) atoms. The molecular formula is C12H8N4S2. The maximum Gasteiger partial charge on any atom is 0.178 e. The van der Waals surface area contributed by atoms with Crippen LogP contribution in [0.1, 0.15) is 10.4 Å². The van der Waals surface area contributed by atoms with Crippen molar-refractivity contribution < 1.29 is 0 Å². The van der Waals surface area contributed by atoms with Crippen LogP contribution in [0.4, 0.5) is 0 Å². The molecule has 0 spiro atoms. The standard InChI is InChI=1S/C12H8N4S2/c13-4-8-1-2-10-11(3-8)16(12(17)15-10)6-9-5-14-7-18-9/h1-3,5,7H,6H2,(H,15,17). The van der Waals surface area contributed by atoms with E-state index < -0.39 is 0 Å². The van der Waals surface area contributed by atoms with Gasteiger partial charge in [-0.1, -0.05) is 0 Å². The van der Waals surface area contributed by atoms with Gasteiger partial charge in [0.15, 0.2) is 4.77 Å². The molecule has 3 rings (SSSR count). The highest BCUT2D eigenvalue weighted by Crippen LogP contribution is 2.18. The molecule has 0 aliphatic heterocycles. The molecule has 2 heterocycles. The summed E-state index contributed by atoms with van der Waals surface area (Å²) in [5.74, 6) is 0. The normalized spacial score (nSPS) is 10.6. The van der Waals surface area contributed by atoms with Gasteiger partial charge in [-0.05, 0) is 30.4 Å². The van der Waals surface area contributed by atoms with Crippen LogP contribution in [0.5, 0.6) is 0 Å². The Kier molecular flexibility index (Phi) is 2.70. The van der Waals surface area contributed by atoms with Crippen LogP contribution in [0.2, 0.25) is 0 Å². The lowest BCUT2D eigenvalue weighted by atomic mass is 10.2. The van der Waals surface area contributed by atoms with Crippen molar-refractivity contribution in [3.63, 3.8) is 0 Å². The van der Waals surface area contributed by atoms with Gasteiger partial charge >= 0.3 is 0 Å². The third-order valence-electron chi connectivity index (χ3n) is 2.70. The van der Waals surface area contributed by atoms with Crippen LogP contribution >= 0.6 is 23.6 Å². The third-order valence-corrected chi connectivity index (χ3v) is 3.79. The van der Waals surface area contributed by atoms with E-state index in [1.54, 1.807) is 22.9 Å². The zero-order valence-corrected chi connectivity index (χ0v) is 10.9. The number of imidazole rings is 1. The first kappa shape index (κ1) is 11.1. The van der Waals surface area contributed by atoms with Crippen molar-refractivity contribution in [1.82, 2.24) is 14.5 Å². The Hall–Kier alpha value is -1.97. The van der Waals surface area contributed by atoms with Gasteiger partial charge in [0, 0.05) is 11.1 Å². The second-order valence-corrected chi connectivity index (χ2v) is 5.19. The second-order valence-electron chi connectivity index (χ2n) is 3.83. The number of aromatic amines is 1. The lowest BCUT2D eigenvalue weighted by Crippen LogP contribution is -1.97.